The van der Waals surface area contributed by atoms with Crippen LogP contribution in [0.15, 0.2) is 11.6 Å². The van der Waals surface area contributed by atoms with E-state index in [2.05, 4.69) is 0 Å². The van der Waals surface area contributed by atoms with Crippen LogP contribution in [0.3, 0.4) is 0 Å². The van der Waals surface area contributed by atoms with E-state index in [1.807, 2.05) is 13.8 Å². The maximum atomic E-state index is 17.4. The lowest BCUT2D eigenvalue weighted by Crippen LogP contribution is -2.70. The van der Waals surface area contributed by atoms with Crippen molar-refractivity contribution in [3.8, 4) is 0 Å². The van der Waals surface area contributed by atoms with Gasteiger partial charge in [-0.1, -0.05) is 19.4 Å². The van der Waals surface area contributed by atoms with Crippen LogP contribution in [0.2, 0.25) is 0 Å². The zero-order valence-corrected chi connectivity index (χ0v) is 21.4. The molecule has 1 unspecified atom stereocenters. The topological polar surface area (TPSA) is 102 Å². The molecule has 0 spiro atoms. The Bertz CT molecular complexity index is 961. The van der Waals surface area contributed by atoms with Gasteiger partial charge in [-0.3, -0.25) is 9.59 Å². The molecule has 8 heteroatoms. The molecule has 0 aromatic heterocycles. The fourth-order valence-corrected chi connectivity index (χ4v) is 8.60. The largest absolute Gasteiger partial charge is 0.391 e. The third-order valence-electron chi connectivity index (χ3n) is 10.0. The number of Topliss-reactive ketones (excluding diaryl/α,β-unsaturated/α-hetero) is 1. The number of rotatable bonds is 5. The predicted molar refractivity (Wildman–Crippen MR) is 124 cm³/mol. The molecule has 5 aliphatic rings. The molecule has 0 amide bonds. The van der Waals surface area contributed by atoms with E-state index in [1.54, 1.807) is 26.8 Å². The fraction of sp³-hybridized carbons (Fsp3) is 0.852. The van der Waals surface area contributed by atoms with Gasteiger partial charge in [0.25, 0.3) is 0 Å². The van der Waals surface area contributed by atoms with Crippen LogP contribution in [0.25, 0.3) is 0 Å². The number of hydrogen-bond donors (Lipinski definition) is 2. The summed E-state index contributed by atoms with van der Waals surface area (Å²) in [6.07, 6.45) is 1.27. The fourth-order valence-electron chi connectivity index (χ4n) is 8.60. The summed E-state index contributed by atoms with van der Waals surface area (Å²) in [4.78, 5) is 25.9. The first-order valence-corrected chi connectivity index (χ1v) is 13.0. The third-order valence-corrected chi connectivity index (χ3v) is 10.0. The summed E-state index contributed by atoms with van der Waals surface area (Å²) >= 11 is 0. The molecule has 0 bridgehead atoms. The average molecular weight is 495 g/mol. The third kappa shape index (κ3) is 3.26. The number of ketones is 2. The molecule has 196 valence electrons. The Labute approximate surface area is 206 Å². The van der Waals surface area contributed by atoms with Crippen LogP contribution < -0.4 is 0 Å². The van der Waals surface area contributed by atoms with Crippen molar-refractivity contribution in [1.82, 2.24) is 0 Å². The van der Waals surface area contributed by atoms with Gasteiger partial charge in [0.15, 0.2) is 23.0 Å². The minimum Gasteiger partial charge on any atom is -0.391 e. The lowest BCUT2D eigenvalue weighted by atomic mass is 9.44. The van der Waals surface area contributed by atoms with Crippen LogP contribution in [0, 0.1) is 22.7 Å². The van der Waals surface area contributed by atoms with E-state index >= 15 is 4.39 Å². The van der Waals surface area contributed by atoms with Crippen LogP contribution in [0.1, 0.15) is 73.1 Å². The first kappa shape index (κ1) is 25.5. The smallest absolute Gasteiger partial charge is 0.193 e. The van der Waals surface area contributed by atoms with Gasteiger partial charge >= 0.3 is 0 Å². The van der Waals surface area contributed by atoms with Gasteiger partial charge in [-0.25, -0.2) is 4.39 Å². The summed E-state index contributed by atoms with van der Waals surface area (Å²) in [5.74, 6) is -2.00. The van der Waals surface area contributed by atoms with Crippen molar-refractivity contribution in [2.75, 3.05) is 13.2 Å². The Kier molecular flexibility index (Phi) is 5.75. The minimum absolute atomic E-state index is 0.0158. The molecule has 4 fully saturated rings. The van der Waals surface area contributed by atoms with Crippen LogP contribution >= 0.6 is 0 Å². The number of halogens is 1. The Morgan fingerprint density at radius 3 is 2.66 bits per heavy atom. The van der Waals surface area contributed by atoms with Crippen molar-refractivity contribution in [3.05, 3.63) is 11.6 Å². The van der Waals surface area contributed by atoms with E-state index < -0.39 is 52.1 Å². The van der Waals surface area contributed by atoms with E-state index in [4.69, 9.17) is 14.2 Å². The molecule has 35 heavy (non-hydrogen) atoms. The molecule has 9 atom stereocenters. The summed E-state index contributed by atoms with van der Waals surface area (Å²) in [5, 5.41) is 21.2. The molecule has 1 saturated heterocycles. The number of fused-ring (bicyclic) bond motifs is 7. The number of carbonyl (C=O) groups excluding carboxylic acids is 2. The summed E-state index contributed by atoms with van der Waals surface area (Å²) in [6, 6.07) is 0. The molecule has 0 radical (unpaired) electrons. The van der Waals surface area contributed by atoms with E-state index in [-0.39, 0.29) is 43.5 Å². The Balaban J connectivity index is 1.55. The maximum absolute atomic E-state index is 17.4. The van der Waals surface area contributed by atoms with Crippen molar-refractivity contribution in [1.29, 1.82) is 0 Å². The molecule has 4 aliphatic carbocycles. The minimum atomic E-state index is -1.90. The van der Waals surface area contributed by atoms with Crippen LogP contribution in [-0.2, 0) is 23.8 Å². The van der Waals surface area contributed by atoms with Gasteiger partial charge < -0.3 is 24.4 Å². The second-order valence-electron chi connectivity index (χ2n) is 12.5. The van der Waals surface area contributed by atoms with E-state index in [0.29, 0.717) is 25.7 Å². The number of aliphatic hydroxyl groups excluding tert-OH is 2. The van der Waals surface area contributed by atoms with Crippen LogP contribution in [0.5, 0.6) is 0 Å². The molecule has 1 heterocycles. The van der Waals surface area contributed by atoms with Gasteiger partial charge in [0.1, 0.15) is 12.3 Å². The van der Waals surface area contributed by atoms with Crippen LogP contribution in [-0.4, -0.2) is 70.4 Å². The lowest BCUT2D eigenvalue weighted by Gasteiger charge is -2.63. The Hall–Kier alpha value is -1.19. The maximum Gasteiger partial charge on any atom is 0.193 e. The van der Waals surface area contributed by atoms with E-state index in [9.17, 15) is 19.8 Å². The Morgan fingerprint density at radius 1 is 1.26 bits per heavy atom. The number of allylic oxidation sites excluding steroid dienone is 1. The second kappa shape index (κ2) is 7.90. The van der Waals surface area contributed by atoms with Crippen molar-refractivity contribution < 1.29 is 38.4 Å². The number of alkyl halides is 1. The zero-order chi connectivity index (χ0) is 25.6. The number of hydrogen-bond acceptors (Lipinski definition) is 7. The van der Waals surface area contributed by atoms with Crippen molar-refractivity contribution in [2.24, 2.45) is 22.7 Å². The number of carbonyl (C=O) groups is 2. The van der Waals surface area contributed by atoms with Gasteiger partial charge in [0.05, 0.1) is 24.9 Å². The predicted octanol–water partition coefficient (Wildman–Crippen LogP) is 3.05. The van der Waals surface area contributed by atoms with Crippen molar-refractivity contribution in [3.63, 3.8) is 0 Å². The monoisotopic (exact) mass is 494 g/mol. The average Bonchev–Trinajstić information content (AvgIpc) is 3.16. The molecule has 5 rings (SSSR count). The highest BCUT2D eigenvalue weighted by Crippen LogP contribution is 2.72. The summed E-state index contributed by atoms with van der Waals surface area (Å²) in [5.41, 5.74) is -4.25. The molecule has 3 saturated carbocycles. The highest BCUT2D eigenvalue weighted by molar-refractivity contribution is 5.92. The van der Waals surface area contributed by atoms with E-state index in [0.717, 1.165) is 5.57 Å². The highest BCUT2D eigenvalue weighted by Gasteiger charge is 2.80. The quantitative estimate of drug-likeness (QED) is 0.606. The lowest BCUT2D eigenvalue weighted by molar-refractivity contribution is -0.251. The van der Waals surface area contributed by atoms with Gasteiger partial charge in [0, 0.05) is 23.2 Å². The molecule has 0 aromatic rings. The summed E-state index contributed by atoms with van der Waals surface area (Å²) in [7, 11) is 0. The van der Waals surface area contributed by atoms with Gasteiger partial charge in [-0.2, -0.15) is 0 Å². The van der Waals surface area contributed by atoms with Gasteiger partial charge in [-0.15, -0.1) is 0 Å². The molecular weight excluding hydrogens is 455 g/mol. The standard InChI is InChI=1S/C27H39FO7/c1-15(29)13-33-14-21(32)27-22(34-23(2,3)35-27)11-19-18-7-6-16-10-17(30)8-9-24(16,4)26(18,28)20(31)12-25(19,27)5/h10,15,18-20,22,29,31H,6-9,11-14H2,1-5H3/t15?,18-,19-,20-,22+,24-,25-,26-,27+/m0/s1. The van der Waals surface area contributed by atoms with Crippen molar-refractivity contribution >= 4 is 11.6 Å². The van der Waals surface area contributed by atoms with Gasteiger partial charge in [0.2, 0.25) is 0 Å². The molecular formula is C27H39FO7. The molecule has 1 aliphatic heterocycles. The first-order valence-electron chi connectivity index (χ1n) is 13.0. The number of aliphatic hydroxyl groups is 2. The number of ether oxygens (including phenoxy) is 3. The van der Waals surface area contributed by atoms with Crippen LogP contribution in [0.4, 0.5) is 4.39 Å². The Morgan fingerprint density at radius 2 is 1.97 bits per heavy atom. The SMILES string of the molecule is CC(O)COCC(=O)[C@@]12OC(C)(C)O[C@@H]1C[C@H]1[C@@H]3CCC4=CC(=O)CC[C@]4(C)[C@@]3(F)[C@@H](O)C[C@@]12C. The summed E-state index contributed by atoms with van der Waals surface area (Å²) < 4.78 is 35.6. The highest BCUT2D eigenvalue weighted by atomic mass is 19.1. The van der Waals surface area contributed by atoms with Gasteiger partial charge in [-0.05, 0) is 64.9 Å². The summed E-state index contributed by atoms with van der Waals surface area (Å²) in [6.45, 7) is 8.69. The normalized spacial score (nSPS) is 48.9. The van der Waals surface area contributed by atoms with Crippen molar-refractivity contribution in [2.45, 2.75) is 109 Å². The zero-order valence-electron chi connectivity index (χ0n) is 21.4. The first-order chi connectivity index (χ1) is 16.2. The van der Waals surface area contributed by atoms with E-state index in [1.165, 1.54) is 0 Å². The second-order valence-corrected chi connectivity index (χ2v) is 12.5. The molecule has 0 aromatic carbocycles. The molecule has 7 nitrogen and oxygen atoms in total. The molecule has 2 N–H and O–H groups in total.